The summed E-state index contributed by atoms with van der Waals surface area (Å²) in [5.41, 5.74) is 12.6. The first-order chi connectivity index (χ1) is 15.4. The number of nitrogens with zero attached hydrogens (tertiary/aromatic N) is 3. The highest BCUT2D eigenvalue weighted by molar-refractivity contribution is 5.94. The highest BCUT2D eigenvalue weighted by atomic mass is 16.3. The number of aliphatic hydroxyl groups is 1. The smallest absolute Gasteiger partial charge is 0.251 e. The van der Waals surface area contributed by atoms with Crippen LogP contribution < -0.4 is 11.1 Å². The summed E-state index contributed by atoms with van der Waals surface area (Å²) >= 11 is 0. The number of aryl methyl sites for hydroxylation is 2. The molecule has 4 aromatic rings. The molecule has 1 aromatic carbocycles. The molecule has 0 unspecified atom stereocenters. The second-order valence-corrected chi connectivity index (χ2v) is 7.85. The third-order valence-electron chi connectivity index (χ3n) is 5.45. The Morgan fingerprint density at radius 2 is 1.88 bits per heavy atom. The molecule has 1 amide bonds. The van der Waals surface area contributed by atoms with Crippen LogP contribution in [0.15, 0.2) is 54.9 Å². The van der Waals surface area contributed by atoms with Gasteiger partial charge in [-0.15, -0.1) is 0 Å². The van der Waals surface area contributed by atoms with Gasteiger partial charge in [0.05, 0.1) is 12.1 Å². The lowest BCUT2D eigenvalue weighted by molar-refractivity contribution is 0.0950. The number of pyridine rings is 3. The second kappa shape index (κ2) is 9.11. The highest BCUT2D eigenvalue weighted by Gasteiger charge is 2.11. The van der Waals surface area contributed by atoms with Gasteiger partial charge < -0.3 is 16.2 Å². The summed E-state index contributed by atoms with van der Waals surface area (Å²) in [6, 6.07) is 13.2. The van der Waals surface area contributed by atoms with Gasteiger partial charge in [-0.05, 0) is 72.5 Å². The number of hydrogen-bond acceptors (Lipinski definition) is 6. The number of fused-ring (bicyclic) bond motifs is 1. The molecule has 7 heteroatoms. The maximum atomic E-state index is 12.7. The molecule has 0 spiro atoms. The van der Waals surface area contributed by atoms with Gasteiger partial charge in [0, 0.05) is 47.7 Å². The molecule has 0 aliphatic carbocycles. The molecule has 0 aliphatic rings. The molecular formula is C25H25N5O2. The summed E-state index contributed by atoms with van der Waals surface area (Å²) < 4.78 is 0. The molecule has 0 saturated carbocycles. The zero-order valence-electron chi connectivity index (χ0n) is 18.1. The zero-order valence-corrected chi connectivity index (χ0v) is 18.1. The van der Waals surface area contributed by atoms with E-state index in [1.54, 1.807) is 18.5 Å². The van der Waals surface area contributed by atoms with E-state index in [1.165, 1.54) is 0 Å². The minimum Gasteiger partial charge on any atom is -0.392 e. The Bertz CT molecular complexity index is 1280. The van der Waals surface area contributed by atoms with Crippen LogP contribution >= 0.6 is 0 Å². The summed E-state index contributed by atoms with van der Waals surface area (Å²) in [5, 5.41) is 13.3. The summed E-state index contributed by atoms with van der Waals surface area (Å²) in [4.78, 5) is 25.8. The van der Waals surface area contributed by atoms with Crippen LogP contribution in [-0.4, -0.2) is 26.0 Å². The van der Waals surface area contributed by atoms with Crippen LogP contribution in [0.4, 0.5) is 5.82 Å². The minimum absolute atomic E-state index is 0.0443. The lowest BCUT2D eigenvalue weighted by Gasteiger charge is -2.12. The number of rotatable bonds is 6. The van der Waals surface area contributed by atoms with Gasteiger partial charge in [-0.3, -0.25) is 14.8 Å². The van der Waals surface area contributed by atoms with E-state index in [0.717, 1.165) is 44.5 Å². The Hall–Kier alpha value is -3.84. The van der Waals surface area contributed by atoms with E-state index in [-0.39, 0.29) is 12.5 Å². The van der Waals surface area contributed by atoms with Gasteiger partial charge in [-0.2, -0.15) is 0 Å². The molecule has 4 rings (SSSR count). The fraction of sp³-hybridized carbons (Fsp3) is 0.200. The Morgan fingerprint density at radius 3 is 2.66 bits per heavy atom. The van der Waals surface area contributed by atoms with Crippen LogP contribution in [0, 0.1) is 13.8 Å². The number of aliphatic hydroxyl groups excluding tert-OH is 1. The molecule has 0 fully saturated rings. The monoisotopic (exact) mass is 427 g/mol. The Labute approximate surface area is 186 Å². The molecule has 0 saturated heterocycles. The molecule has 7 nitrogen and oxygen atoms in total. The first kappa shape index (κ1) is 21.4. The van der Waals surface area contributed by atoms with Crippen molar-refractivity contribution in [2.45, 2.75) is 33.4 Å². The molecule has 0 radical (unpaired) electrons. The van der Waals surface area contributed by atoms with E-state index < -0.39 is 0 Å². The Kier molecular flexibility index (Phi) is 6.09. The van der Waals surface area contributed by atoms with Crippen molar-refractivity contribution in [3.63, 3.8) is 0 Å². The fourth-order valence-electron chi connectivity index (χ4n) is 3.77. The Balaban J connectivity index is 1.48. The summed E-state index contributed by atoms with van der Waals surface area (Å²) in [6.07, 6.45) is 3.91. The van der Waals surface area contributed by atoms with Crippen LogP contribution in [0.3, 0.4) is 0 Å². The second-order valence-electron chi connectivity index (χ2n) is 7.85. The standard InChI is InChI=1S/C25H25N5O2/c1-15-7-24(26)30-16(2)22(15)13-29-25(32)19-5-6-27-21(11-19)10-17-3-4-23-20(8-17)9-18(14-31)12-28-23/h3-9,11-12,31H,10,13-14H2,1-2H3,(H2,26,30)(H,29,32). The van der Waals surface area contributed by atoms with Gasteiger partial charge in [0.2, 0.25) is 0 Å². The van der Waals surface area contributed by atoms with Crippen LogP contribution in [0.5, 0.6) is 0 Å². The number of amides is 1. The maximum absolute atomic E-state index is 12.7. The molecular weight excluding hydrogens is 402 g/mol. The van der Waals surface area contributed by atoms with Gasteiger partial charge in [-0.1, -0.05) is 6.07 Å². The normalized spacial score (nSPS) is 11.0. The van der Waals surface area contributed by atoms with Gasteiger partial charge in [0.25, 0.3) is 5.91 Å². The Morgan fingerprint density at radius 1 is 1.06 bits per heavy atom. The molecule has 4 N–H and O–H groups in total. The van der Waals surface area contributed by atoms with E-state index in [0.29, 0.717) is 24.3 Å². The molecule has 0 bridgehead atoms. The topological polar surface area (TPSA) is 114 Å². The van der Waals surface area contributed by atoms with E-state index in [9.17, 15) is 9.90 Å². The SMILES string of the molecule is Cc1cc(N)nc(C)c1CNC(=O)c1ccnc(Cc2ccc3ncc(CO)cc3c2)c1. The van der Waals surface area contributed by atoms with Crippen LogP contribution in [-0.2, 0) is 19.6 Å². The minimum atomic E-state index is -0.167. The van der Waals surface area contributed by atoms with Crippen LogP contribution in [0.25, 0.3) is 10.9 Å². The molecule has 3 heterocycles. The predicted molar refractivity (Wildman–Crippen MR) is 124 cm³/mol. The van der Waals surface area contributed by atoms with Crippen molar-refractivity contribution in [2.24, 2.45) is 0 Å². The van der Waals surface area contributed by atoms with Crippen molar-refractivity contribution < 1.29 is 9.90 Å². The van der Waals surface area contributed by atoms with E-state index in [4.69, 9.17) is 5.73 Å². The highest BCUT2D eigenvalue weighted by Crippen LogP contribution is 2.18. The predicted octanol–water partition coefficient (Wildman–Crippen LogP) is 3.24. The summed E-state index contributed by atoms with van der Waals surface area (Å²) in [5.74, 6) is 0.311. The van der Waals surface area contributed by atoms with Crippen molar-refractivity contribution in [3.05, 3.63) is 94.1 Å². The average Bonchev–Trinajstić information content (AvgIpc) is 2.78. The van der Waals surface area contributed by atoms with Gasteiger partial charge in [0.1, 0.15) is 5.82 Å². The first-order valence-electron chi connectivity index (χ1n) is 10.4. The number of benzene rings is 1. The molecule has 0 atom stereocenters. The van der Waals surface area contributed by atoms with E-state index in [2.05, 4.69) is 20.3 Å². The number of nitrogen functional groups attached to an aromatic ring is 1. The van der Waals surface area contributed by atoms with Gasteiger partial charge in [-0.25, -0.2) is 4.98 Å². The number of carbonyl (C=O) groups is 1. The third kappa shape index (κ3) is 4.73. The number of aromatic nitrogens is 3. The summed E-state index contributed by atoms with van der Waals surface area (Å²) in [7, 11) is 0. The van der Waals surface area contributed by atoms with E-state index >= 15 is 0 Å². The summed E-state index contributed by atoms with van der Waals surface area (Å²) in [6.45, 7) is 4.18. The van der Waals surface area contributed by atoms with Crippen molar-refractivity contribution in [1.82, 2.24) is 20.3 Å². The molecule has 162 valence electrons. The third-order valence-corrected chi connectivity index (χ3v) is 5.45. The van der Waals surface area contributed by atoms with Crippen molar-refractivity contribution in [1.29, 1.82) is 0 Å². The van der Waals surface area contributed by atoms with Crippen molar-refractivity contribution in [2.75, 3.05) is 5.73 Å². The lowest BCUT2D eigenvalue weighted by atomic mass is 10.0. The van der Waals surface area contributed by atoms with E-state index in [1.807, 2.05) is 50.2 Å². The number of anilines is 1. The van der Waals surface area contributed by atoms with Crippen LogP contribution in [0.2, 0.25) is 0 Å². The van der Waals surface area contributed by atoms with Crippen molar-refractivity contribution >= 4 is 22.6 Å². The number of carbonyl (C=O) groups excluding carboxylic acids is 1. The average molecular weight is 428 g/mol. The number of hydrogen-bond donors (Lipinski definition) is 3. The molecule has 0 aliphatic heterocycles. The number of nitrogens with one attached hydrogen (secondary N) is 1. The van der Waals surface area contributed by atoms with Gasteiger partial charge in [0.15, 0.2) is 0 Å². The lowest BCUT2D eigenvalue weighted by Crippen LogP contribution is -2.24. The number of nitrogens with two attached hydrogens (primary N) is 1. The quantitative estimate of drug-likeness (QED) is 0.435. The molecule has 32 heavy (non-hydrogen) atoms. The van der Waals surface area contributed by atoms with Gasteiger partial charge >= 0.3 is 0 Å². The van der Waals surface area contributed by atoms with Crippen LogP contribution in [0.1, 0.15) is 44.0 Å². The molecule has 3 aromatic heterocycles. The maximum Gasteiger partial charge on any atom is 0.251 e. The zero-order chi connectivity index (χ0) is 22.7. The van der Waals surface area contributed by atoms with Crippen molar-refractivity contribution in [3.8, 4) is 0 Å². The largest absolute Gasteiger partial charge is 0.392 e. The fourth-order valence-corrected chi connectivity index (χ4v) is 3.77. The first-order valence-corrected chi connectivity index (χ1v) is 10.4.